The Labute approximate surface area is 223 Å². The minimum atomic E-state index is 0.635. The maximum Gasteiger partial charge on any atom is 0.164 e. The Morgan fingerprint density at radius 1 is 0.405 bits per heavy atom. The van der Waals surface area contributed by atoms with E-state index in [1.54, 1.807) is 6.20 Å². The smallest absolute Gasteiger partial charge is 0.164 e. The van der Waals surface area contributed by atoms with Crippen LogP contribution in [0.4, 0.5) is 0 Å². The molecule has 0 spiro atoms. The van der Waals surface area contributed by atoms with Gasteiger partial charge in [-0.3, -0.25) is 4.98 Å². The third-order valence-corrected chi connectivity index (χ3v) is 6.63. The number of hydrogen-bond donors (Lipinski definition) is 0. The topological polar surface area (TPSA) is 51.6 Å². The van der Waals surface area contributed by atoms with Crippen molar-refractivity contribution in [2.45, 2.75) is 0 Å². The molecule has 0 aliphatic rings. The Morgan fingerprint density at radius 2 is 0.919 bits per heavy atom. The van der Waals surface area contributed by atoms with Gasteiger partial charge in [-0.05, 0) is 46.5 Å². The molecule has 2 aromatic heterocycles. The largest absolute Gasteiger partial charge is 0.264 e. The number of hydrogen-bond acceptors (Lipinski definition) is 4. The van der Waals surface area contributed by atoms with Gasteiger partial charge in [0.1, 0.15) is 0 Å². The lowest BCUT2D eigenvalue weighted by Crippen LogP contribution is -2.00. The summed E-state index contributed by atoms with van der Waals surface area (Å²) in [5.41, 5.74) is 7.22. The molecule has 0 aliphatic heterocycles. The van der Waals surface area contributed by atoms with E-state index in [0.29, 0.717) is 17.5 Å². The van der Waals surface area contributed by atoms with Crippen LogP contribution in [0.5, 0.6) is 0 Å². The molecule has 0 radical (unpaired) electrons. The molecule has 0 fully saturated rings. The summed E-state index contributed by atoms with van der Waals surface area (Å²) in [7, 11) is 0. The van der Waals surface area contributed by atoms with Gasteiger partial charge < -0.3 is 0 Å². The van der Waals surface area contributed by atoms with E-state index in [-0.39, 0.29) is 0 Å². The fraction of sp³-hybridized carbons (Fsp3) is 0. The zero-order valence-electron chi connectivity index (χ0n) is 19.8. The highest BCUT2D eigenvalue weighted by atomic mass is 79.9. The third-order valence-electron chi connectivity index (χ3n) is 6.10. The van der Waals surface area contributed by atoms with Gasteiger partial charge in [0.25, 0.3) is 0 Å². The molecule has 0 saturated carbocycles. The Balaban J connectivity index is 1.44. The monoisotopic (exact) mass is 540 g/mol. The SMILES string of the molecule is Brc1ccc(-c2cccc(-c3nc(-c4ccccc4)nc(-c4ccc(-c5cccnc5)cc4)n3)c2)cc1. The summed E-state index contributed by atoms with van der Waals surface area (Å²) in [4.78, 5) is 18.9. The van der Waals surface area contributed by atoms with E-state index in [2.05, 4.69) is 75.5 Å². The van der Waals surface area contributed by atoms with Crippen LogP contribution in [-0.4, -0.2) is 19.9 Å². The second kappa shape index (κ2) is 10.2. The van der Waals surface area contributed by atoms with Gasteiger partial charge in [-0.1, -0.05) is 107 Å². The van der Waals surface area contributed by atoms with Crippen molar-refractivity contribution in [3.8, 4) is 56.4 Å². The van der Waals surface area contributed by atoms with Crippen molar-refractivity contribution in [3.63, 3.8) is 0 Å². The van der Waals surface area contributed by atoms with E-state index in [1.807, 2.05) is 66.9 Å². The molecule has 4 aromatic carbocycles. The maximum atomic E-state index is 4.91. The van der Waals surface area contributed by atoms with E-state index < -0.39 is 0 Å². The molecular formula is C32H21BrN4. The van der Waals surface area contributed by atoms with Gasteiger partial charge in [-0.15, -0.1) is 0 Å². The molecule has 2 heterocycles. The first-order valence-electron chi connectivity index (χ1n) is 11.9. The van der Waals surface area contributed by atoms with Crippen molar-refractivity contribution >= 4 is 15.9 Å². The zero-order valence-corrected chi connectivity index (χ0v) is 21.4. The first kappa shape index (κ1) is 23.0. The van der Waals surface area contributed by atoms with E-state index in [0.717, 1.165) is 43.4 Å². The Bertz CT molecular complexity index is 1650. The molecule has 0 aliphatic carbocycles. The molecule has 4 nitrogen and oxygen atoms in total. The summed E-state index contributed by atoms with van der Waals surface area (Å²) >= 11 is 3.52. The lowest BCUT2D eigenvalue weighted by atomic mass is 10.0. The van der Waals surface area contributed by atoms with Crippen LogP contribution in [0.3, 0.4) is 0 Å². The third kappa shape index (κ3) is 5.08. The summed E-state index contributed by atoms with van der Waals surface area (Å²) in [6, 6.07) is 38.9. The van der Waals surface area contributed by atoms with Crippen LogP contribution in [0, 0.1) is 0 Å². The summed E-state index contributed by atoms with van der Waals surface area (Å²) in [5.74, 6) is 1.92. The highest BCUT2D eigenvalue weighted by Crippen LogP contribution is 2.29. The molecule has 5 heteroatoms. The summed E-state index contributed by atoms with van der Waals surface area (Å²) in [6.45, 7) is 0. The molecule has 6 rings (SSSR count). The lowest BCUT2D eigenvalue weighted by Gasteiger charge is -2.10. The van der Waals surface area contributed by atoms with Crippen molar-refractivity contribution < 1.29 is 0 Å². The number of halogens is 1. The predicted molar refractivity (Wildman–Crippen MR) is 153 cm³/mol. The predicted octanol–water partition coefficient (Wildman–Crippen LogP) is 8.36. The van der Waals surface area contributed by atoms with Gasteiger partial charge in [0.15, 0.2) is 17.5 Å². The molecule has 6 aromatic rings. The molecule has 0 unspecified atom stereocenters. The van der Waals surface area contributed by atoms with Gasteiger partial charge in [-0.2, -0.15) is 0 Å². The van der Waals surface area contributed by atoms with Crippen molar-refractivity contribution in [2.24, 2.45) is 0 Å². The first-order valence-corrected chi connectivity index (χ1v) is 12.7. The molecular weight excluding hydrogens is 520 g/mol. The fourth-order valence-corrected chi connectivity index (χ4v) is 4.44. The molecule has 0 atom stereocenters. The van der Waals surface area contributed by atoms with Crippen LogP contribution < -0.4 is 0 Å². The Hall–Kier alpha value is -4.48. The maximum absolute atomic E-state index is 4.91. The summed E-state index contributed by atoms with van der Waals surface area (Å²) in [5, 5.41) is 0. The molecule has 0 N–H and O–H groups in total. The van der Waals surface area contributed by atoms with Gasteiger partial charge in [-0.25, -0.2) is 15.0 Å². The number of benzene rings is 4. The van der Waals surface area contributed by atoms with E-state index in [4.69, 9.17) is 15.0 Å². The minimum absolute atomic E-state index is 0.635. The van der Waals surface area contributed by atoms with Crippen molar-refractivity contribution in [3.05, 3.63) is 132 Å². The zero-order chi connectivity index (χ0) is 25.0. The van der Waals surface area contributed by atoms with E-state index >= 15 is 0 Å². The number of aromatic nitrogens is 4. The number of rotatable bonds is 5. The van der Waals surface area contributed by atoms with Gasteiger partial charge in [0.2, 0.25) is 0 Å². The van der Waals surface area contributed by atoms with Gasteiger partial charge in [0.05, 0.1) is 0 Å². The number of pyridine rings is 1. The van der Waals surface area contributed by atoms with Crippen LogP contribution in [-0.2, 0) is 0 Å². The molecule has 0 amide bonds. The van der Waals surface area contributed by atoms with E-state index in [9.17, 15) is 0 Å². The summed E-state index contributed by atoms with van der Waals surface area (Å²) < 4.78 is 1.05. The fourth-order valence-electron chi connectivity index (χ4n) is 4.18. The second-order valence-corrected chi connectivity index (χ2v) is 9.49. The standard InChI is InChI=1S/C32H21BrN4/c33-29-17-15-22(16-18-29)26-8-4-9-27(20-26)32-36-30(24-6-2-1-3-7-24)35-31(37-32)25-13-11-23(12-14-25)28-10-5-19-34-21-28/h1-21H. The normalized spacial score (nSPS) is 10.8. The highest BCUT2D eigenvalue weighted by molar-refractivity contribution is 9.10. The quantitative estimate of drug-likeness (QED) is 0.220. The average molecular weight is 541 g/mol. The average Bonchev–Trinajstić information content (AvgIpc) is 2.98. The second-order valence-electron chi connectivity index (χ2n) is 8.58. The van der Waals surface area contributed by atoms with Crippen LogP contribution in [0.25, 0.3) is 56.4 Å². The highest BCUT2D eigenvalue weighted by Gasteiger charge is 2.13. The minimum Gasteiger partial charge on any atom is -0.264 e. The molecule has 176 valence electrons. The van der Waals surface area contributed by atoms with Crippen molar-refractivity contribution in [2.75, 3.05) is 0 Å². The summed E-state index contributed by atoms with van der Waals surface area (Å²) in [6.07, 6.45) is 3.64. The van der Waals surface area contributed by atoms with Crippen molar-refractivity contribution in [1.82, 2.24) is 19.9 Å². The lowest BCUT2D eigenvalue weighted by molar-refractivity contribution is 1.07. The Morgan fingerprint density at radius 3 is 1.59 bits per heavy atom. The van der Waals surface area contributed by atoms with Crippen LogP contribution in [0.1, 0.15) is 0 Å². The van der Waals surface area contributed by atoms with Crippen molar-refractivity contribution in [1.29, 1.82) is 0 Å². The van der Waals surface area contributed by atoms with Gasteiger partial charge >= 0.3 is 0 Å². The molecule has 0 bridgehead atoms. The van der Waals surface area contributed by atoms with Crippen LogP contribution in [0.2, 0.25) is 0 Å². The van der Waals surface area contributed by atoms with Crippen LogP contribution >= 0.6 is 15.9 Å². The van der Waals surface area contributed by atoms with Gasteiger partial charge in [0, 0.05) is 33.6 Å². The molecule has 37 heavy (non-hydrogen) atoms. The number of nitrogens with zero attached hydrogens (tertiary/aromatic N) is 4. The first-order chi connectivity index (χ1) is 18.2. The van der Waals surface area contributed by atoms with E-state index in [1.165, 1.54) is 0 Å². The molecule has 0 saturated heterocycles. The Kier molecular flexibility index (Phi) is 6.36. The van der Waals surface area contributed by atoms with Crippen LogP contribution in [0.15, 0.2) is 132 Å².